The van der Waals surface area contributed by atoms with E-state index in [1.165, 1.54) is 0 Å². The van der Waals surface area contributed by atoms with Gasteiger partial charge in [0.15, 0.2) is 12.4 Å². The number of amides is 1. The summed E-state index contributed by atoms with van der Waals surface area (Å²) in [4.78, 5) is 11.8. The smallest absolute Gasteiger partial charge is 0.263 e. The summed E-state index contributed by atoms with van der Waals surface area (Å²) >= 11 is 0. The van der Waals surface area contributed by atoms with Gasteiger partial charge in [0, 0.05) is 18.3 Å². The zero-order valence-electron chi connectivity index (χ0n) is 12.2. The molecule has 2 rings (SSSR count). The maximum Gasteiger partial charge on any atom is 0.263 e. The lowest BCUT2D eigenvalue weighted by atomic mass is 10.1. The fourth-order valence-electron chi connectivity index (χ4n) is 1.75. The molecule has 0 radical (unpaired) electrons. The van der Waals surface area contributed by atoms with Crippen LogP contribution < -0.4 is 15.8 Å². The first-order chi connectivity index (χ1) is 10.1. The standard InChI is InChI=1S/C15H20N4O2/c1-10(2)13-7-14(19-18-13)17-15(20)9-21-12-5-3-11(8-16)4-6-12/h3-7,10H,8-9,16H2,1-2H3,(H2,17,18,19,20). The summed E-state index contributed by atoms with van der Waals surface area (Å²) in [5.74, 6) is 1.22. The van der Waals surface area contributed by atoms with Crippen molar-refractivity contribution in [1.29, 1.82) is 0 Å². The molecule has 1 heterocycles. The molecule has 1 aromatic carbocycles. The van der Waals surface area contributed by atoms with Crippen LogP contribution in [0.25, 0.3) is 0 Å². The maximum atomic E-state index is 11.8. The summed E-state index contributed by atoms with van der Waals surface area (Å²) in [6.45, 7) is 4.52. The van der Waals surface area contributed by atoms with Gasteiger partial charge in [-0.1, -0.05) is 26.0 Å². The molecule has 0 spiro atoms. The first-order valence-electron chi connectivity index (χ1n) is 6.85. The molecular weight excluding hydrogens is 268 g/mol. The number of nitrogens with one attached hydrogen (secondary N) is 2. The van der Waals surface area contributed by atoms with Gasteiger partial charge < -0.3 is 15.8 Å². The van der Waals surface area contributed by atoms with Gasteiger partial charge in [-0.15, -0.1) is 0 Å². The largest absolute Gasteiger partial charge is 0.484 e. The Kier molecular flexibility index (Phi) is 4.94. The predicted octanol–water partition coefficient (Wildman–Crippen LogP) is 2.01. The van der Waals surface area contributed by atoms with E-state index in [1.54, 1.807) is 12.1 Å². The lowest BCUT2D eigenvalue weighted by Gasteiger charge is -2.06. The third kappa shape index (κ3) is 4.32. The summed E-state index contributed by atoms with van der Waals surface area (Å²) in [5, 5.41) is 9.59. The van der Waals surface area contributed by atoms with Crippen LogP contribution in [-0.2, 0) is 11.3 Å². The van der Waals surface area contributed by atoms with E-state index in [0.717, 1.165) is 11.3 Å². The highest BCUT2D eigenvalue weighted by Gasteiger charge is 2.08. The molecule has 0 fully saturated rings. The average Bonchev–Trinajstić information content (AvgIpc) is 2.94. The molecule has 0 aliphatic carbocycles. The van der Waals surface area contributed by atoms with Crippen LogP contribution in [0.3, 0.4) is 0 Å². The SMILES string of the molecule is CC(C)c1cc(NC(=O)COc2ccc(CN)cc2)n[nH]1. The second-order valence-electron chi connectivity index (χ2n) is 5.05. The van der Waals surface area contributed by atoms with Crippen LogP contribution in [0.4, 0.5) is 5.82 Å². The second kappa shape index (κ2) is 6.90. The Bertz CT molecular complexity index is 590. The molecule has 1 aromatic heterocycles. The molecule has 2 aromatic rings. The lowest BCUT2D eigenvalue weighted by Crippen LogP contribution is -2.20. The first kappa shape index (κ1) is 15.1. The molecule has 0 bridgehead atoms. The number of benzene rings is 1. The number of rotatable bonds is 6. The Labute approximate surface area is 123 Å². The number of H-pyrrole nitrogens is 1. The second-order valence-corrected chi connectivity index (χ2v) is 5.05. The highest BCUT2D eigenvalue weighted by Crippen LogP contribution is 2.15. The van der Waals surface area contributed by atoms with E-state index >= 15 is 0 Å². The molecule has 6 heteroatoms. The van der Waals surface area contributed by atoms with Crippen LogP contribution in [0.2, 0.25) is 0 Å². The van der Waals surface area contributed by atoms with E-state index in [4.69, 9.17) is 10.5 Å². The third-order valence-corrected chi connectivity index (χ3v) is 3.02. The van der Waals surface area contributed by atoms with Crippen LogP contribution >= 0.6 is 0 Å². The Balaban J connectivity index is 1.83. The number of nitrogens with two attached hydrogens (primary N) is 1. The highest BCUT2D eigenvalue weighted by atomic mass is 16.5. The maximum absolute atomic E-state index is 11.8. The van der Waals surface area contributed by atoms with Crippen molar-refractivity contribution >= 4 is 11.7 Å². The minimum Gasteiger partial charge on any atom is -0.484 e. The summed E-state index contributed by atoms with van der Waals surface area (Å²) in [6, 6.07) is 9.14. The summed E-state index contributed by atoms with van der Waals surface area (Å²) in [7, 11) is 0. The summed E-state index contributed by atoms with van der Waals surface area (Å²) in [5.41, 5.74) is 7.51. The molecule has 0 saturated heterocycles. The van der Waals surface area contributed by atoms with E-state index in [2.05, 4.69) is 15.5 Å². The Morgan fingerprint density at radius 2 is 2.10 bits per heavy atom. The van der Waals surface area contributed by atoms with Gasteiger partial charge in [-0.25, -0.2) is 0 Å². The normalized spacial score (nSPS) is 10.7. The van der Waals surface area contributed by atoms with Crippen LogP contribution in [0.5, 0.6) is 5.75 Å². The van der Waals surface area contributed by atoms with E-state index in [1.807, 2.05) is 32.0 Å². The van der Waals surface area contributed by atoms with E-state index in [0.29, 0.717) is 24.0 Å². The molecule has 0 unspecified atom stereocenters. The molecule has 1 amide bonds. The summed E-state index contributed by atoms with van der Waals surface area (Å²) < 4.78 is 5.40. The van der Waals surface area contributed by atoms with E-state index < -0.39 is 0 Å². The van der Waals surface area contributed by atoms with Crippen molar-refractivity contribution in [3.05, 3.63) is 41.6 Å². The van der Waals surface area contributed by atoms with Gasteiger partial charge in [0.05, 0.1) is 0 Å². The summed E-state index contributed by atoms with van der Waals surface area (Å²) in [6.07, 6.45) is 0. The Hall–Kier alpha value is -2.34. The number of ether oxygens (including phenoxy) is 1. The monoisotopic (exact) mass is 288 g/mol. The van der Waals surface area contributed by atoms with Crippen LogP contribution in [0.15, 0.2) is 30.3 Å². The number of hydrogen-bond donors (Lipinski definition) is 3. The topological polar surface area (TPSA) is 93.0 Å². The van der Waals surface area contributed by atoms with Gasteiger partial charge in [-0.2, -0.15) is 5.10 Å². The number of aromatic amines is 1. The fourth-order valence-corrected chi connectivity index (χ4v) is 1.75. The molecule has 112 valence electrons. The quantitative estimate of drug-likeness (QED) is 0.758. The molecule has 0 saturated carbocycles. The third-order valence-electron chi connectivity index (χ3n) is 3.02. The highest BCUT2D eigenvalue weighted by molar-refractivity contribution is 5.90. The van der Waals surface area contributed by atoms with E-state index in [9.17, 15) is 4.79 Å². The van der Waals surface area contributed by atoms with Crippen molar-refractivity contribution < 1.29 is 9.53 Å². The van der Waals surface area contributed by atoms with Crippen LogP contribution in [-0.4, -0.2) is 22.7 Å². The number of anilines is 1. The Morgan fingerprint density at radius 3 is 2.67 bits per heavy atom. The average molecular weight is 288 g/mol. The zero-order chi connectivity index (χ0) is 15.2. The number of hydrogen-bond acceptors (Lipinski definition) is 4. The first-order valence-corrected chi connectivity index (χ1v) is 6.85. The molecule has 0 aliphatic rings. The van der Waals surface area contributed by atoms with Gasteiger partial charge in [0.25, 0.3) is 5.91 Å². The minimum atomic E-state index is -0.250. The molecule has 6 nitrogen and oxygen atoms in total. The van der Waals surface area contributed by atoms with Crippen molar-refractivity contribution in [3.8, 4) is 5.75 Å². The Morgan fingerprint density at radius 1 is 1.38 bits per heavy atom. The minimum absolute atomic E-state index is 0.0636. The molecular formula is C15H20N4O2. The molecule has 4 N–H and O–H groups in total. The molecule has 0 aliphatic heterocycles. The molecule has 21 heavy (non-hydrogen) atoms. The van der Waals surface area contributed by atoms with Crippen molar-refractivity contribution in [1.82, 2.24) is 10.2 Å². The van der Waals surface area contributed by atoms with Crippen molar-refractivity contribution in [2.24, 2.45) is 5.73 Å². The van der Waals surface area contributed by atoms with Gasteiger partial charge >= 0.3 is 0 Å². The van der Waals surface area contributed by atoms with Gasteiger partial charge in [-0.05, 0) is 23.6 Å². The number of carbonyl (C=O) groups excluding carboxylic acids is 1. The van der Waals surface area contributed by atoms with Crippen LogP contribution in [0.1, 0.15) is 31.0 Å². The van der Waals surface area contributed by atoms with Crippen molar-refractivity contribution in [3.63, 3.8) is 0 Å². The number of carbonyl (C=O) groups is 1. The predicted molar refractivity (Wildman–Crippen MR) is 81.1 cm³/mol. The lowest BCUT2D eigenvalue weighted by molar-refractivity contribution is -0.118. The number of aromatic nitrogens is 2. The van der Waals surface area contributed by atoms with Crippen molar-refractivity contribution in [2.45, 2.75) is 26.3 Å². The number of nitrogens with zero attached hydrogens (tertiary/aromatic N) is 1. The van der Waals surface area contributed by atoms with E-state index in [-0.39, 0.29) is 12.5 Å². The van der Waals surface area contributed by atoms with Gasteiger partial charge in [0.2, 0.25) is 0 Å². The molecule has 0 atom stereocenters. The fraction of sp³-hybridized carbons (Fsp3) is 0.333. The van der Waals surface area contributed by atoms with Crippen LogP contribution in [0, 0.1) is 0 Å². The van der Waals surface area contributed by atoms with Crippen molar-refractivity contribution in [2.75, 3.05) is 11.9 Å². The van der Waals surface area contributed by atoms with Gasteiger partial charge in [-0.3, -0.25) is 9.89 Å². The van der Waals surface area contributed by atoms with Gasteiger partial charge in [0.1, 0.15) is 5.75 Å². The zero-order valence-corrected chi connectivity index (χ0v) is 12.2.